The van der Waals surface area contributed by atoms with Gasteiger partial charge in [-0.1, -0.05) is 47.6 Å². The Hall–Kier alpha value is -4.21. The second kappa shape index (κ2) is 12.4. The number of carbonyl (C=O) groups excluding carboxylic acids is 4. The van der Waals surface area contributed by atoms with Crippen molar-refractivity contribution >= 4 is 34.4 Å². The zero-order valence-electron chi connectivity index (χ0n) is 22.4. The molecule has 0 aliphatic carbocycles. The van der Waals surface area contributed by atoms with E-state index in [9.17, 15) is 19.2 Å². The molecule has 10 heteroatoms. The number of nitrogens with one attached hydrogen (secondary N) is 4. The molecular formula is C28H35N5O5. The van der Waals surface area contributed by atoms with Gasteiger partial charge in [0.25, 0.3) is 5.91 Å². The van der Waals surface area contributed by atoms with Gasteiger partial charge in [0.1, 0.15) is 11.8 Å². The van der Waals surface area contributed by atoms with Gasteiger partial charge in [-0.05, 0) is 51.0 Å². The molecule has 4 amide bonds. The summed E-state index contributed by atoms with van der Waals surface area (Å²) in [6.45, 7) is 9.12. The molecule has 4 N–H and O–H groups in total. The highest BCUT2D eigenvalue weighted by molar-refractivity contribution is 5.98. The lowest BCUT2D eigenvalue weighted by Crippen LogP contribution is -2.52. The number of fused-ring (bicyclic) bond motifs is 1. The Morgan fingerprint density at radius 1 is 0.947 bits per heavy atom. The molecule has 3 aromatic rings. The van der Waals surface area contributed by atoms with Crippen molar-refractivity contribution in [2.45, 2.75) is 71.6 Å². The molecule has 1 heterocycles. The minimum atomic E-state index is -1.18. The minimum absolute atomic E-state index is 0.00242. The average Bonchev–Trinajstić information content (AvgIpc) is 3.27. The first-order valence-corrected chi connectivity index (χ1v) is 12.5. The number of amides is 4. The Labute approximate surface area is 221 Å². The van der Waals surface area contributed by atoms with E-state index in [0.29, 0.717) is 12.3 Å². The Balaban J connectivity index is 1.59. The largest absolute Gasteiger partial charge is 0.361 e. The van der Waals surface area contributed by atoms with Crippen LogP contribution in [0.4, 0.5) is 0 Å². The topological polar surface area (TPSA) is 142 Å². The Morgan fingerprint density at radius 3 is 2.34 bits per heavy atom. The zero-order valence-corrected chi connectivity index (χ0v) is 22.4. The number of rotatable bonds is 10. The van der Waals surface area contributed by atoms with Crippen LogP contribution in [0.15, 0.2) is 53.1 Å². The van der Waals surface area contributed by atoms with Gasteiger partial charge in [-0.3, -0.25) is 19.2 Å². The van der Waals surface area contributed by atoms with E-state index in [1.165, 1.54) is 6.07 Å². The zero-order chi connectivity index (χ0) is 27.9. The van der Waals surface area contributed by atoms with E-state index in [1.54, 1.807) is 13.8 Å². The van der Waals surface area contributed by atoms with Gasteiger partial charge in [0.05, 0.1) is 6.42 Å². The third-order valence-corrected chi connectivity index (χ3v) is 5.62. The van der Waals surface area contributed by atoms with Crippen molar-refractivity contribution in [2.75, 3.05) is 0 Å². The van der Waals surface area contributed by atoms with Crippen LogP contribution in [0.1, 0.15) is 62.3 Å². The van der Waals surface area contributed by atoms with Crippen molar-refractivity contribution in [1.82, 2.24) is 26.4 Å². The lowest BCUT2D eigenvalue weighted by atomic mass is 10.0. The maximum atomic E-state index is 13.1. The first kappa shape index (κ1) is 28.4. The highest BCUT2D eigenvalue weighted by Gasteiger charge is 2.28. The molecule has 0 spiro atoms. The number of nitrogens with zero attached hydrogens (tertiary/aromatic N) is 1. The summed E-state index contributed by atoms with van der Waals surface area (Å²) < 4.78 is 4.93. The highest BCUT2D eigenvalue weighted by atomic mass is 16.5. The first-order valence-electron chi connectivity index (χ1n) is 12.5. The fraction of sp³-hybridized carbons (Fsp3) is 0.393. The maximum absolute atomic E-state index is 13.1. The highest BCUT2D eigenvalue weighted by Crippen LogP contribution is 2.18. The van der Waals surface area contributed by atoms with E-state index in [1.807, 2.05) is 63.2 Å². The predicted molar refractivity (Wildman–Crippen MR) is 143 cm³/mol. The molecule has 38 heavy (non-hydrogen) atoms. The van der Waals surface area contributed by atoms with Crippen LogP contribution < -0.4 is 21.3 Å². The second-order valence-electron chi connectivity index (χ2n) is 10.4. The summed E-state index contributed by atoms with van der Waals surface area (Å²) in [4.78, 5) is 50.8. The minimum Gasteiger partial charge on any atom is -0.361 e. The van der Waals surface area contributed by atoms with Crippen LogP contribution in [-0.4, -0.2) is 46.4 Å². The fourth-order valence-electron chi connectivity index (χ4n) is 3.95. The van der Waals surface area contributed by atoms with Gasteiger partial charge in [0.2, 0.25) is 17.7 Å². The van der Waals surface area contributed by atoms with Gasteiger partial charge >= 0.3 is 0 Å². The van der Waals surface area contributed by atoms with Crippen molar-refractivity contribution in [2.24, 2.45) is 0 Å². The quantitative estimate of drug-likeness (QED) is 0.323. The summed E-state index contributed by atoms with van der Waals surface area (Å²) in [5.74, 6) is -1.45. The molecule has 2 aromatic carbocycles. The molecule has 0 saturated heterocycles. The van der Waals surface area contributed by atoms with Crippen molar-refractivity contribution < 1.29 is 23.7 Å². The molecule has 0 aliphatic heterocycles. The van der Waals surface area contributed by atoms with Gasteiger partial charge in [0, 0.05) is 30.6 Å². The summed E-state index contributed by atoms with van der Waals surface area (Å²) >= 11 is 0. The van der Waals surface area contributed by atoms with Gasteiger partial charge in [-0.25, -0.2) is 0 Å². The van der Waals surface area contributed by atoms with Gasteiger partial charge in [-0.2, -0.15) is 0 Å². The van der Waals surface area contributed by atoms with Crippen molar-refractivity contribution in [3.8, 4) is 0 Å². The number of hydrogen-bond acceptors (Lipinski definition) is 6. The Kier molecular flexibility index (Phi) is 9.22. The van der Waals surface area contributed by atoms with E-state index in [0.717, 1.165) is 16.3 Å². The average molecular weight is 522 g/mol. The lowest BCUT2D eigenvalue weighted by Gasteiger charge is -2.24. The molecule has 0 unspecified atom stereocenters. The smallest absolute Gasteiger partial charge is 0.274 e. The molecule has 0 bridgehead atoms. The number of hydrogen-bond donors (Lipinski definition) is 4. The van der Waals surface area contributed by atoms with Crippen molar-refractivity contribution in [1.29, 1.82) is 0 Å². The molecule has 0 fully saturated rings. The van der Waals surface area contributed by atoms with Gasteiger partial charge in [-0.15, -0.1) is 0 Å². The number of benzene rings is 2. The third kappa shape index (κ3) is 8.43. The molecule has 0 saturated carbocycles. The van der Waals surface area contributed by atoms with Crippen LogP contribution in [0.25, 0.3) is 10.8 Å². The van der Waals surface area contributed by atoms with Crippen LogP contribution in [-0.2, 0) is 20.9 Å². The predicted octanol–water partition coefficient (Wildman–Crippen LogP) is 2.75. The monoisotopic (exact) mass is 521 g/mol. The van der Waals surface area contributed by atoms with E-state index in [2.05, 4.69) is 26.4 Å². The summed E-state index contributed by atoms with van der Waals surface area (Å²) in [6, 6.07) is 13.6. The van der Waals surface area contributed by atoms with Crippen molar-refractivity contribution in [3.05, 3.63) is 65.5 Å². The summed E-state index contributed by atoms with van der Waals surface area (Å²) in [6.07, 6.45) is -0.264. The summed E-state index contributed by atoms with van der Waals surface area (Å²) in [5, 5.41) is 16.8. The number of aryl methyl sites for hydroxylation is 1. The molecule has 2 atom stereocenters. The molecular weight excluding hydrogens is 486 g/mol. The second-order valence-corrected chi connectivity index (χ2v) is 10.4. The van der Waals surface area contributed by atoms with E-state index < -0.39 is 35.3 Å². The molecule has 202 valence electrons. The van der Waals surface area contributed by atoms with Crippen LogP contribution in [0.3, 0.4) is 0 Å². The molecule has 0 aliphatic rings. The SMILES string of the molecule is Cc1cc(C(=O)N[C@@H](CC(=O)NC(C)(C)C)C(=O)N[C@@H](C)CC(=O)NCc2cccc3ccccc23)no1. The summed E-state index contributed by atoms with van der Waals surface area (Å²) in [5.41, 5.74) is 0.474. The third-order valence-electron chi connectivity index (χ3n) is 5.62. The van der Waals surface area contributed by atoms with E-state index >= 15 is 0 Å². The van der Waals surface area contributed by atoms with Crippen molar-refractivity contribution in [3.63, 3.8) is 0 Å². The first-order chi connectivity index (χ1) is 17.9. The van der Waals surface area contributed by atoms with Crippen LogP contribution >= 0.6 is 0 Å². The van der Waals surface area contributed by atoms with E-state index in [4.69, 9.17) is 4.52 Å². The molecule has 1 aromatic heterocycles. The lowest BCUT2D eigenvalue weighted by molar-refractivity contribution is -0.129. The Morgan fingerprint density at radius 2 is 1.66 bits per heavy atom. The van der Waals surface area contributed by atoms with Crippen LogP contribution in [0.5, 0.6) is 0 Å². The standard InChI is InChI=1S/C28H35N5O5/c1-17(13-24(34)29-16-20-11-8-10-19-9-6-7-12-21(19)20)30-26(36)22(15-25(35)32-28(3,4)5)31-27(37)23-14-18(2)38-33-23/h6-12,14,17,22H,13,15-16H2,1-5H3,(H,29,34)(H,30,36)(H,31,37)(H,32,35)/t17-,22-/m0/s1. The van der Waals surface area contributed by atoms with Gasteiger partial charge < -0.3 is 25.8 Å². The Bertz CT molecular complexity index is 1300. The van der Waals surface area contributed by atoms with E-state index in [-0.39, 0.29) is 24.4 Å². The molecule has 0 radical (unpaired) electrons. The van der Waals surface area contributed by atoms with Gasteiger partial charge in [0.15, 0.2) is 5.69 Å². The summed E-state index contributed by atoms with van der Waals surface area (Å²) in [7, 11) is 0. The number of carbonyl (C=O) groups is 4. The maximum Gasteiger partial charge on any atom is 0.274 e. The normalized spacial score (nSPS) is 12.9. The number of aromatic nitrogens is 1. The molecule has 3 rings (SSSR count). The molecule has 10 nitrogen and oxygen atoms in total. The van der Waals surface area contributed by atoms with Crippen LogP contribution in [0, 0.1) is 6.92 Å². The fourth-order valence-corrected chi connectivity index (χ4v) is 3.95. The van der Waals surface area contributed by atoms with Crippen LogP contribution in [0.2, 0.25) is 0 Å².